The summed E-state index contributed by atoms with van der Waals surface area (Å²) in [5.74, 6) is -0.465. The summed E-state index contributed by atoms with van der Waals surface area (Å²) in [5.41, 5.74) is 0.252. The van der Waals surface area contributed by atoms with Crippen molar-refractivity contribution < 1.29 is 21.6 Å². The molecule has 3 N–H and O–H groups in total. The molecule has 0 radical (unpaired) electrons. The molecule has 0 aliphatic carbocycles. The molecular formula is C15H23N3O5S2. The molecular weight excluding hydrogens is 366 g/mol. The molecule has 1 aliphatic heterocycles. The minimum absolute atomic E-state index is 0.00340. The van der Waals surface area contributed by atoms with E-state index in [1.807, 2.05) is 0 Å². The zero-order valence-corrected chi connectivity index (χ0v) is 15.6. The van der Waals surface area contributed by atoms with Gasteiger partial charge in [0.05, 0.1) is 16.4 Å². The molecule has 1 amide bonds. The molecule has 1 atom stereocenters. The van der Waals surface area contributed by atoms with Crippen LogP contribution in [-0.4, -0.2) is 60.9 Å². The third-order valence-corrected chi connectivity index (χ3v) is 7.21. The zero-order chi connectivity index (χ0) is 18.5. The second-order valence-electron chi connectivity index (χ2n) is 6.01. The maximum absolute atomic E-state index is 12.4. The molecule has 1 saturated heterocycles. The predicted octanol–water partition coefficient (Wildman–Crippen LogP) is -0.651. The smallest absolute Gasteiger partial charge is 0.251 e. The van der Waals surface area contributed by atoms with Crippen LogP contribution in [0.3, 0.4) is 0 Å². The number of hydrogen-bond donors (Lipinski definition) is 3. The molecule has 140 valence electrons. The van der Waals surface area contributed by atoms with Crippen molar-refractivity contribution in [2.75, 3.05) is 38.2 Å². The fraction of sp³-hybridized carbons (Fsp3) is 0.533. The van der Waals surface area contributed by atoms with Crippen LogP contribution < -0.4 is 15.4 Å². The first-order chi connectivity index (χ1) is 11.7. The lowest BCUT2D eigenvalue weighted by atomic mass is 10.1. The van der Waals surface area contributed by atoms with Gasteiger partial charge in [0, 0.05) is 25.2 Å². The molecule has 0 unspecified atom stereocenters. The largest absolute Gasteiger partial charge is 0.351 e. The van der Waals surface area contributed by atoms with Gasteiger partial charge in [0.15, 0.2) is 9.84 Å². The number of benzene rings is 1. The van der Waals surface area contributed by atoms with Crippen LogP contribution in [0.2, 0.25) is 0 Å². The molecule has 1 fully saturated rings. The van der Waals surface area contributed by atoms with Crippen molar-refractivity contribution in [2.45, 2.75) is 11.3 Å². The van der Waals surface area contributed by atoms with Crippen molar-refractivity contribution in [1.82, 2.24) is 15.4 Å². The Morgan fingerprint density at radius 1 is 1.28 bits per heavy atom. The Hall–Kier alpha value is -1.49. The average molecular weight is 389 g/mol. The van der Waals surface area contributed by atoms with Gasteiger partial charge < -0.3 is 10.6 Å². The molecule has 8 nitrogen and oxygen atoms in total. The second-order valence-corrected chi connectivity index (χ2v) is 10.0. The number of amides is 1. The van der Waals surface area contributed by atoms with E-state index in [9.17, 15) is 21.6 Å². The third-order valence-electron chi connectivity index (χ3n) is 3.96. The lowest BCUT2D eigenvalue weighted by Crippen LogP contribution is -2.31. The quantitative estimate of drug-likeness (QED) is 0.508. The van der Waals surface area contributed by atoms with Crippen molar-refractivity contribution in [1.29, 1.82) is 0 Å². The highest BCUT2D eigenvalue weighted by Gasteiger charge is 2.29. The third kappa shape index (κ3) is 5.77. The Morgan fingerprint density at radius 3 is 2.68 bits per heavy atom. The molecule has 0 saturated carbocycles. The molecule has 0 spiro atoms. The van der Waals surface area contributed by atoms with E-state index in [0.29, 0.717) is 19.5 Å². The van der Waals surface area contributed by atoms with E-state index in [1.54, 1.807) is 7.05 Å². The summed E-state index contributed by atoms with van der Waals surface area (Å²) in [6.45, 7) is 1.11. The Labute approximate surface area is 148 Å². The SMILES string of the molecule is CNCCNC(=O)c1cccc(S(=O)(=O)NC[C@@H]2CCS(=O)(=O)C2)c1. The summed E-state index contributed by atoms with van der Waals surface area (Å²) in [6.07, 6.45) is 0.457. The zero-order valence-electron chi connectivity index (χ0n) is 14.0. The summed E-state index contributed by atoms with van der Waals surface area (Å²) >= 11 is 0. The minimum Gasteiger partial charge on any atom is -0.351 e. The number of carbonyl (C=O) groups excluding carboxylic acids is 1. The van der Waals surface area contributed by atoms with E-state index in [4.69, 9.17) is 0 Å². The van der Waals surface area contributed by atoms with Crippen LogP contribution in [0.5, 0.6) is 0 Å². The van der Waals surface area contributed by atoms with Crippen molar-refractivity contribution in [3.8, 4) is 0 Å². The number of likely N-dealkylation sites (N-methyl/N-ethyl adjacent to an activating group) is 1. The molecule has 25 heavy (non-hydrogen) atoms. The molecule has 1 aromatic rings. The van der Waals surface area contributed by atoms with Crippen molar-refractivity contribution >= 4 is 25.8 Å². The lowest BCUT2D eigenvalue weighted by molar-refractivity contribution is 0.0954. The number of sulfonamides is 1. The van der Waals surface area contributed by atoms with Crippen LogP contribution in [0.4, 0.5) is 0 Å². The Morgan fingerprint density at radius 2 is 2.04 bits per heavy atom. The highest BCUT2D eigenvalue weighted by atomic mass is 32.2. The first kappa shape index (κ1) is 19.8. The maximum atomic E-state index is 12.4. The predicted molar refractivity (Wildman–Crippen MR) is 94.7 cm³/mol. The standard InChI is InChI=1S/C15H23N3O5S2/c1-16-6-7-17-15(19)13-3-2-4-14(9-13)25(22,23)18-10-12-5-8-24(20,21)11-12/h2-4,9,12,16,18H,5-8,10-11H2,1H3,(H,17,19)/t12-/m0/s1. The van der Waals surface area contributed by atoms with Gasteiger partial charge in [-0.25, -0.2) is 21.6 Å². The van der Waals surface area contributed by atoms with E-state index in [2.05, 4.69) is 15.4 Å². The van der Waals surface area contributed by atoms with Gasteiger partial charge in [-0.1, -0.05) is 6.07 Å². The van der Waals surface area contributed by atoms with Crippen molar-refractivity contribution in [3.05, 3.63) is 29.8 Å². The summed E-state index contributed by atoms with van der Waals surface area (Å²) in [4.78, 5) is 12.0. The van der Waals surface area contributed by atoms with E-state index in [0.717, 1.165) is 0 Å². The highest BCUT2D eigenvalue weighted by Crippen LogP contribution is 2.18. The second kappa shape index (κ2) is 8.26. The van der Waals surface area contributed by atoms with Gasteiger partial charge in [0.1, 0.15) is 0 Å². The molecule has 2 rings (SSSR count). The van der Waals surface area contributed by atoms with Crippen molar-refractivity contribution in [3.63, 3.8) is 0 Å². The Balaban J connectivity index is 2.01. The van der Waals surface area contributed by atoms with Gasteiger partial charge in [0.25, 0.3) is 5.91 Å². The van der Waals surface area contributed by atoms with Crippen LogP contribution in [-0.2, 0) is 19.9 Å². The first-order valence-electron chi connectivity index (χ1n) is 7.96. The Bertz CT molecular complexity index is 821. The monoisotopic (exact) mass is 389 g/mol. The van der Waals surface area contributed by atoms with Crippen LogP contribution in [0, 0.1) is 5.92 Å². The van der Waals surface area contributed by atoms with Gasteiger partial charge in [-0.15, -0.1) is 0 Å². The highest BCUT2D eigenvalue weighted by molar-refractivity contribution is 7.91. The van der Waals surface area contributed by atoms with Gasteiger partial charge in [-0.05, 0) is 37.6 Å². The van der Waals surface area contributed by atoms with Crippen LogP contribution in [0.25, 0.3) is 0 Å². The summed E-state index contributed by atoms with van der Waals surface area (Å²) in [5, 5.41) is 5.58. The average Bonchev–Trinajstić information content (AvgIpc) is 2.92. The summed E-state index contributed by atoms with van der Waals surface area (Å²) < 4.78 is 50.1. The van der Waals surface area contributed by atoms with Crippen LogP contribution in [0.1, 0.15) is 16.8 Å². The van der Waals surface area contributed by atoms with E-state index >= 15 is 0 Å². The molecule has 1 aromatic carbocycles. The minimum atomic E-state index is -3.80. The molecule has 0 bridgehead atoms. The van der Waals surface area contributed by atoms with E-state index < -0.39 is 19.9 Å². The molecule has 0 aromatic heterocycles. The van der Waals surface area contributed by atoms with Crippen LogP contribution >= 0.6 is 0 Å². The lowest BCUT2D eigenvalue weighted by Gasteiger charge is -2.11. The first-order valence-corrected chi connectivity index (χ1v) is 11.3. The van der Waals surface area contributed by atoms with E-state index in [1.165, 1.54) is 24.3 Å². The van der Waals surface area contributed by atoms with E-state index in [-0.39, 0.29) is 40.3 Å². The maximum Gasteiger partial charge on any atom is 0.251 e. The number of sulfone groups is 1. The summed E-state index contributed by atoms with van der Waals surface area (Å²) in [7, 11) is -5.09. The number of hydrogen-bond acceptors (Lipinski definition) is 6. The number of nitrogens with one attached hydrogen (secondary N) is 3. The fourth-order valence-electron chi connectivity index (χ4n) is 2.55. The van der Waals surface area contributed by atoms with Crippen LogP contribution in [0.15, 0.2) is 29.2 Å². The Kier molecular flexibility index (Phi) is 6.55. The fourth-order valence-corrected chi connectivity index (χ4v) is 5.57. The number of rotatable bonds is 8. The van der Waals surface area contributed by atoms with Gasteiger partial charge >= 0.3 is 0 Å². The molecule has 1 heterocycles. The normalized spacial score (nSPS) is 19.6. The van der Waals surface area contributed by atoms with Gasteiger partial charge in [0.2, 0.25) is 10.0 Å². The summed E-state index contributed by atoms with van der Waals surface area (Å²) in [6, 6.07) is 5.75. The van der Waals surface area contributed by atoms with Gasteiger partial charge in [-0.2, -0.15) is 0 Å². The molecule has 10 heteroatoms. The molecule has 1 aliphatic rings. The number of carbonyl (C=O) groups is 1. The van der Waals surface area contributed by atoms with Gasteiger partial charge in [-0.3, -0.25) is 4.79 Å². The topological polar surface area (TPSA) is 121 Å². The van der Waals surface area contributed by atoms with Crippen molar-refractivity contribution in [2.24, 2.45) is 5.92 Å².